The van der Waals surface area contributed by atoms with Crippen molar-refractivity contribution in [3.8, 4) is 0 Å². The summed E-state index contributed by atoms with van der Waals surface area (Å²) in [5, 5.41) is 1.22. The molecule has 25 heavy (non-hydrogen) atoms. The number of rotatable bonds is 9. The van der Waals surface area contributed by atoms with Crippen LogP contribution in [0.3, 0.4) is 0 Å². The second-order valence-corrected chi connectivity index (χ2v) is 10.8. The summed E-state index contributed by atoms with van der Waals surface area (Å²) in [6.07, 6.45) is 9.93. The van der Waals surface area contributed by atoms with Gasteiger partial charge in [-0.15, -0.1) is 0 Å². The van der Waals surface area contributed by atoms with E-state index in [9.17, 15) is 0 Å². The maximum absolute atomic E-state index is 9.11. The summed E-state index contributed by atoms with van der Waals surface area (Å²) < 4.78 is 42.0. The molecule has 0 aromatic rings. The lowest BCUT2D eigenvalue weighted by atomic mass is 9.80. The van der Waals surface area contributed by atoms with Crippen molar-refractivity contribution in [3.63, 3.8) is 0 Å². The molecule has 1 aliphatic rings. The highest BCUT2D eigenvalue weighted by atomic mass is 32.9. The first-order valence-electron chi connectivity index (χ1n) is 8.56. The monoisotopic (exact) mass is 412 g/mol. The Morgan fingerprint density at radius 1 is 1.16 bits per heavy atom. The van der Waals surface area contributed by atoms with Crippen molar-refractivity contribution < 1.29 is 26.6 Å². The molecule has 2 N–H and O–H groups in total. The average Bonchev–Trinajstić information content (AvgIpc) is 2.46. The summed E-state index contributed by atoms with van der Waals surface area (Å²) in [6.45, 7) is 12.4. The molecular formula is C16H32O6S2Si. The molecule has 0 saturated heterocycles. The second-order valence-electron chi connectivity index (χ2n) is 5.93. The van der Waals surface area contributed by atoms with Crippen molar-refractivity contribution in [2.45, 2.75) is 53.9 Å². The Balaban J connectivity index is 0.00000101. The molecule has 0 radical (unpaired) electrons. The molecule has 0 aromatic heterocycles. The Kier molecular flexibility index (Phi) is 11.5. The van der Waals surface area contributed by atoms with Gasteiger partial charge in [-0.25, -0.2) is 0 Å². The van der Waals surface area contributed by atoms with Crippen molar-refractivity contribution in [3.05, 3.63) is 23.4 Å². The van der Waals surface area contributed by atoms with Gasteiger partial charge in [0, 0.05) is 36.2 Å². The highest BCUT2D eigenvalue weighted by Crippen LogP contribution is 2.39. The predicted octanol–water partition coefficient (Wildman–Crippen LogP) is 3.95. The maximum Gasteiger partial charge on any atom is 0.533 e. The van der Waals surface area contributed by atoms with E-state index in [0.717, 1.165) is 6.42 Å². The van der Waals surface area contributed by atoms with Gasteiger partial charge < -0.3 is 13.3 Å². The maximum atomic E-state index is 9.11. The fourth-order valence-corrected chi connectivity index (χ4v) is 5.74. The molecule has 0 aliphatic heterocycles. The quantitative estimate of drug-likeness (QED) is 0.555. The van der Waals surface area contributed by atoms with Crippen molar-refractivity contribution in [2.24, 2.45) is 5.41 Å². The Labute approximate surface area is 158 Å². The second kappa shape index (κ2) is 11.6. The Morgan fingerprint density at radius 3 is 1.96 bits per heavy atom. The van der Waals surface area contributed by atoms with Crippen LogP contribution in [0.2, 0.25) is 0 Å². The molecule has 0 bridgehead atoms. The van der Waals surface area contributed by atoms with Gasteiger partial charge in [-0.05, 0) is 39.0 Å². The van der Waals surface area contributed by atoms with Gasteiger partial charge in [0.2, 0.25) is 0 Å². The lowest BCUT2D eigenvalue weighted by molar-refractivity contribution is 0.0780. The molecule has 9 heteroatoms. The molecule has 0 saturated carbocycles. The van der Waals surface area contributed by atoms with Crippen molar-refractivity contribution >= 4 is 29.0 Å². The fraction of sp³-hybridized carbons (Fsp3) is 0.750. The molecule has 0 spiro atoms. The molecule has 1 rings (SSSR count). The van der Waals surface area contributed by atoms with Crippen molar-refractivity contribution in [2.75, 3.05) is 19.8 Å². The molecule has 6 nitrogen and oxygen atoms in total. The van der Waals surface area contributed by atoms with E-state index in [4.69, 9.17) is 26.6 Å². The molecule has 1 atom stereocenters. The third-order valence-corrected chi connectivity index (χ3v) is 6.74. The lowest BCUT2D eigenvalue weighted by Crippen LogP contribution is -2.49. The van der Waals surface area contributed by atoms with Gasteiger partial charge in [-0.3, -0.25) is 9.11 Å². The van der Waals surface area contributed by atoms with Gasteiger partial charge in [-0.2, -0.15) is 4.21 Å². The van der Waals surface area contributed by atoms with Crippen LogP contribution in [-0.2, 0) is 33.5 Å². The minimum atomic E-state index is -3.83. The summed E-state index contributed by atoms with van der Waals surface area (Å²) in [5.74, 6) is 0. The highest BCUT2D eigenvalue weighted by molar-refractivity contribution is 8.26. The van der Waals surface area contributed by atoms with E-state index in [1.165, 1.54) is 18.0 Å². The summed E-state index contributed by atoms with van der Waals surface area (Å²) >= 11 is 3.47. The molecular weight excluding hydrogens is 380 g/mol. The molecule has 1 unspecified atom stereocenters. The van der Waals surface area contributed by atoms with Crippen LogP contribution in [0.15, 0.2) is 23.4 Å². The van der Waals surface area contributed by atoms with Gasteiger partial charge in [0.15, 0.2) is 0 Å². The van der Waals surface area contributed by atoms with E-state index in [1.807, 2.05) is 20.8 Å². The highest BCUT2D eigenvalue weighted by Gasteiger charge is 2.47. The molecule has 1 aliphatic carbocycles. The van der Waals surface area contributed by atoms with Crippen molar-refractivity contribution in [1.29, 1.82) is 0 Å². The van der Waals surface area contributed by atoms with Gasteiger partial charge >= 0.3 is 8.80 Å². The third kappa shape index (κ3) is 9.95. The molecule has 148 valence electrons. The third-order valence-electron chi connectivity index (χ3n) is 3.61. The topological polar surface area (TPSA) is 85.2 Å². The standard InChI is InChI=1S/C16H30O3Si.H2O3S2/c1-6-12-16(5)13-10-11-15(14-16)20(17-7-2,18-8-3)19-9-4;1-5(2,3)4/h10-11,13H,6-9,12,14H2,1-5H3;(H2,1,2,3,4). The Morgan fingerprint density at radius 2 is 1.60 bits per heavy atom. The van der Waals surface area contributed by atoms with Crippen LogP contribution in [0.4, 0.5) is 0 Å². The van der Waals surface area contributed by atoms with Gasteiger partial charge in [0.1, 0.15) is 0 Å². The lowest BCUT2D eigenvalue weighted by Gasteiger charge is -2.36. The van der Waals surface area contributed by atoms with E-state index < -0.39 is 17.9 Å². The van der Waals surface area contributed by atoms with E-state index in [1.54, 1.807) is 0 Å². The number of allylic oxidation sites excluding steroid dienone is 4. The van der Waals surface area contributed by atoms with Gasteiger partial charge in [0.05, 0.1) is 0 Å². The van der Waals surface area contributed by atoms with Crippen LogP contribution >= 0.6 is 0 Å². The van der Waals surface area contributed by atoms with E-state index in [-0.39, 0.29) is 5.41 Å². The first kappa shape index (κ1) is 24.9. The normalized spacial score (nSPS) is 20.7. The number of hydrogen-bond donors (Lipinski definition) is 2. The average molecular weight is 413 g/mol. The molecule has 0 aromatic carbocycles. The van der Waals surface area contributed by atoms with Crippen LogP contribution in [0.25, 0.3) is 0 Å². The first-order valence-corrected chi connectivity index (χ1v) is 12.7. The zero-order valence-corrected chi connectivity index (χ0v) is 18.5. The number of hydrogen-bond acceptors (Lipinski definition) is 5. The zero-order chi connectivity index (χ0) is 19.6. The summed E-state index contributed by atoms with van der Waals surface area (Å²) in [6, 6.07) is 0. The van der Waals surface area contributed by atoms with E-state index >= 15 is 0 Å². The predicted molar refractivity (Wildman–Crippen MR) is 106 cm³/mol. The Bertz CT molecular complexity index is 522. The SMILES string of the molecule is CCCC1(C)C=CC=C([Si](OCC)(OCC)OCC)C1.O=S(O)(O)=S. The minimum absolute atomic E-state index is 0.197. The summed E-state index contributed by atoms with van der Waals surface area (Å²) in [7, 11) is -6.54. The smallest absolute Gasteiger partial charge is 0.370 e. The fourth-order valence-electron chi connectivity index (χ4n) is 2.88. The van der Waals surface area contributed by atoms with Crippen LogP contribution < -0.4 is 0 Å². The molecule has 0 heterocycles. The van der Waals surface area contributed by atoms with E-state index in [0.29, 0.717) is 19.8 Å². The Hall–Kier alpha value is -0.133. The van der Waals surface area contributed by atoms with Crippen LogP contribution in [0.1, 0.15) is 53.9 Å². The zero-order valence-electron chi connectivity index (χ0n) is 15.8. The summed E-state index contributed by atoms with van der Waals surface area (Å²) in [5.41, 5.74) is 0.197. The molecule has 0 fully saturated rings. The van der Waals surface area contributed by atoms with Crippen LogP contribution in [-0.4, -0.2) is 41.9 Å². The van der Waals surface area contributed by atoms with Crippen LogP contribution in [0.5, 0.6) is 0 Å². The molecule has 0 amide bonds. The van der Waals surface area contributed by atoms with E-state index in [2.05, 4.69) is 43.3 Å². The van der Waals surface area contributed by atoms with Crippen LogP contribution in [0, 0.1) is 5.41 Å². The minimum Gasteiger partial charge on any atom is -0.370 e. The van der Waals surface area contributed by atoms with Gasteiger partial charge in [-0.1, -0.05) is 38.5 Å². The van der Waals surface area contributed by atoms with Gasteiger partial charge in [0.25, 0.3) is 9.05 Å². The first-order chi connectivity index (χ1) is 11.6. The largest absolute Gasteiger partial charge is 0.533 e. The van der Waals surface area contributed by atoms with Crippen molar-refractivity contribution in [1.82, 2.24) is 0 Å². The summed E-state index contributed by atoms with van der Waals surface area (Å²) in [4.78, 5) is 0.